The van der Waals surface area contributed by atoms with Gasteiger partial charge < -0.3 is 9.64 Å². The van der Waals surface area contributed by atoms with Crippen molar-refractivity contribution in [2.45, 2.75) is 5.41 Å². The summed E-state index contributed by atoms with van der Waals surface area (Å²) in [4.78, 5) is 2.42. The molecule has 0 saturated carbocycles. The maximum absolute atomic E-state index is 6.88. The molecule has 2 nitrogen and oxygen atoms in total. The van der Waals surface area contributed by atoms with Gasteiger partial charge in [0.15, 0.2) is 0 Å². The van der Waals surface area contributed by atoms with E-state index in [1.165, 1.54) is 54.9 Å². The number of benzene rings is 9. The van der Waals surface area contributed by atoms with Gasteiger partial charge in [-0.25, -0.2) is 0 Å². The summed E-state index contributed by atoms with van der Waals surface area (Å²) in [5.41, 5.74) is 12.3. The van der Waals surface area contributed by atoms with Gasteiger partial charge in [-0.3, -0.25) is 0 Å². The van der Waals surface area contributed by atoms with Crippen LogP contribution >= 0.6 is 0 Å². The first-order chi connectivity index (χ1) is 26.3. The summed E-state index contributed by atoms with van der Waals surface area (Å²) in [6.45, 7) is 0. The van der Waals surface area contributed by atoms with Crippen molar-refractivity contribution in [1.82, 2.24) is 0 Å². The molecule has 53 heavy (non-hydrogen) atoms. The topological polar surface area (TPSA) is 12.5 Å². The predicted octanol–water partition coefficient (Wildman–Crippen LogP) is 13.6. The number of anilines is 3. The van der Waals surface area contributed by atoms with Crippen molar-refractivity contribution in [3.63, 3.8) is 0 Å². The van der Waals surface area contributed by atoms with Crippen molar-refractivity contribution < 1.29 is 4.74 Å². The first kappa shape index (κ1) is 29.8. The number of hydrogen-bond donors (Lipinski definition) is 0. The molecule has 9 aromatic rings. The molecule has 0 fully saturated rings. The molecule has 2 heteroatoms. The van der Waals surface area contributed by atoms with Gasteiger partial charge in [-0.1, -0.05) is 152 Å². The van der Waals surface area contributed by atoms with E-state index in [1.807, 2.05) is 0 Å². The normalized spacial score (nSPS) is 15.0. The fraction of sp³-hybridized carbons (Fsp3) is 0.0196. The quantitative estimate of drug-likeness (QED) is 0.184. The Kier molecular flexibility index (Phi) is 6.50. The maximum atomic E-state index is 6.88. The van der Waals surface area contributed by atoms with Crippen molar-refractivity contribution in [3.8, 4) is 33.8 Å². The summed E-state index contributed by atoms with van der Waals surface area (Å²) in [6, 6.07) is 72.7. The zero-order valence-corrected chi connectivity index (χ0v) is 28.9. The van der Waals surface area contributed by atoms with Gasteiger partial charge in [0.25, 0.3) is 0 Å². The van der Waals surface area contributed by atoms with Gasteiger partial charge in [0.1, 0.15) is 11.5 Å². The van der Waals surface area contributed by atoms with Crippen LogP contribution in [-0.4, -0.2) is 0 Å². The molecule has 1 aliphatic carbocycles. The Morgan fingerprint density at radius 2 is 0.962 bits per heavy atom. The molecule has 1 heterocycles. The van der Waals surface area contributed by atoms with Crippen LogP contribution in [0.5, 0.6) is 11.5 Å². The second-order valence-corrected chi connectivity index (χ2v) is 14.0. The number of nitrogens with zero attached hydrogens (tertiary/aromatic N) is 1. The highest BCUT2D eigenvalue weighted by molar-refractivity contribution is 6.06. The molecule has 1 unspecified atom stereocenters. The number of fused-ring (bicyclic) bond motifs is 9. The highest BCUT2D eigenvalue weighted by Gasteiger charge is 2.49. The van der Waals surface area contributed by atoms with Crippen molar-refractivity contribution in [3.05, 3.63) is 222 Å². The van der Waals surface area contributed by atoms with Gasteiger partial charge in [-0.15, -0.1) is 0 Å². The summed E-state index contributed by atoms with van der Waals surface area (Å²) in [5, 5.41) is 4.94. The molecule has 1 aliphatic heterocycles. The molecule has 0 saturated heterocycles. The summed E-state index contributed by atoms with van der Waals surface area (Å²) in [7, 11) is 0. The first-order valence-corrected chi connectivity index (χ1v) is 18.3. The lowest BCUT2D eigenvalue weighted by Crippen LogP contribution is -2.36. The van der Waals surface area contributed by atoms with Crippen LogP contribution in [0, 0.1) is 0 Å². The third-order valence-electron chi connectivity index (χ3n) is 11.3. The Bertz CT molecular complexity index is 2870. The van der Waals surface area contributed by atoms with Crippen molar-refractivity contribution in [2.24, 2.45) is 0 Å². The fourth-order valence-electron chi connectivity index (χ4n) is 9.08. The van der Waals surface area contributed by atoms with E-state index in [0.717, 1.165) is 39.7 Å². The molecule has 0 bridgehead atoms. The lowest BCUT2D eigenvalue weighted by atomic mass is 9.58. The molecule has 1 spiro atoms. The third-order valence-corrected chi connectivity index (χ3v) is 11.3. The lowest BCUT2D eigenvalue weighted by molar-refractivity contribution is 0.435. The van der Waals surface area contributed by atoms with Crippen LogP contribution in [0.2, 0.25) is 0 Å². The van der Waals surface area contributed by atoms with E-state index in [4.69, 9.17) is 4.74 Å². The standard InChI is InChI=1S/C51H33NO/c1-3-15-34(16-4-1)42-31-36-17-7-8-18-37(36)32-47(42)52(38-21-5-2-6-22-38)39-29-30-49-46(33-39)51(44-26-11-12-28-48(44)53-49)43-25-10-9-23-40(43)41-24-13-19-35-20-14-27-45(51)50(35)41/h1-33H. The molecular weight excluding hydrogens is 643 g/mol. The zero-order chi connectivity index (χ0) is 34.9. The minimum Gasteiger partial charge on any atom is -0.457 e. The minimum absolute atomic E-state index is 0.626. The average molecular weight is 676 g/mol. The zero-order valence-electron chi connectivity index (χ0n) is 28.9. The summed E-state index contributed by atoms with van der Waals surface area (Å²) in [6.07, 6.45) is 0. The summed E-state index contributed by atoms with van der Waals surface area (Å²) in [5.74, 6) is 1.76. The highest BCUT2D eigenvalue weighted by atomic mass is 16.5. The second kappa shape index (κ2) is 11.6. The van der Waals surface area contributed by atoms with Gasteiger partial charge >= 0.3 is 0 Å². The molecule has 2 aliphatic rings. The van der Waals surface area contributed by atoms with E-state index < -0.39 is 5.41 Å². The van der Waals surface area contributed by atoms with Crippen LogP contribution in [0.15, 0.2) is 200 Å². The Morgan fingerprint density at radius 3 is 1.79 bits per heavy atom. The molecule has 11 rings (SSSR count). The molecule has 1 atom stereocenters. The van der Waals surface area contributed by atoms with Crippen LogP contribution in [0.3, 0.4) is 0 Å². The minimum atomic E-state index is -0.626. The van der Waals surface area contributed by atoms with Gasteiger partial charge in [0, 0.05) is 28.1 Å². The van der Waals surface area contributed by atoms with Crippen molar-refractivity contribution >= 4 is 38.6 Å². The first-order valence-electron chi connectivity index (χ1n) is 18.3. The lowest BCUT2D eigenvalue weighted by Gasteiger charge is -2.45. The molecule has 0 aromatic heterocycles. The van der Waals surface area contributed by atoms with Gasteiger partial charge in [-0.2, -0.15) is 0 Å². The second-order valence-electron chi connectivity index (χ2n) is 14.0. The molecule has 9 aromatic carbocycles. The van der Waals surface area contributed by atoms with Gasteiger partial charge in [0.05, 0.1) is 11.1 Å². The van der Waals surface area contributed by atoms with Crippen LogP contribution in [0.4, 0.5) is 17.1 Å². The Morgan fingerprint density at radius 1 is 0.358 bits per heavy atom. The summed E-state index contributed by atoms with van der Waals surface area (Å²) >= 11 is 0. The average Bonchev–Trinajstić information content (AvgIpc) is 3.23. The van der Waals surface area contributed by atoms with Gasteiger partial charge in [-0.05, 0) is 97.9 Å². The Labute approximate surface area is 308 Å². The van der Waals surface area contributed by atoms with Crippen LogP contribution in [0.25, 0.3) is 43.8 Å². The van der Waals surface area contributed by atoms with E-state index >= 15 is 0 Å². The van der Waals surface area contributed by atoms with E-state index in [9.17, 15) is 0 Å². The number of ether oxygens (including phenoxy) is 1. The van der Waals surface area contributed by atoms with Crippen molar-refractivity contribution in [2.75, 3.05) is 4.90 Å². The van der Waals surface area contributed by atoms with Crippen LogP contribution in [0.1, 0.15) is 22.3 Å². The maximum Gasteiger partial charge on any atom is 0.132 e. The predicted molar refractivity (Wildman–Crippen MR) is 219 cm³/mol. The van der Waals surface area contributed by atoms with Crippen LogP contribution in [-0.2, 0) is 5.41 Å². The largest absolute Gasteiger partial charge is 0.457 e. The van der Waals surface area contributed by atoms with Crippen molar-refractivity contribution in [1.29, 1.82) is 0 Å². The summed E-state index contributed by atoms with van der Waals surface area (Å²) < 4.78 is 6.88. The Hall–Kier alpha value is -6.90. The molecule has 248 valence electrons. The Balaban J connectivity index is 1.25. The highest BCUT2D eigenvalue weighted by Crippen LogP contribution is 2.61. The van der Waals surface area contributed by atoms with E-state index in [0.29, 0.717) is 0 Å². The molecule has 0 radical (unpaired) electrons. The van der Waals surface area contributed by atoms with Crippen LogP contribution < -0.4 is 9.64 Å². The van der Waals surface area contributed by atoms with E-state index in [1.54, 1.807) is 0 Å². The molecular formula is C51H33NO. The molecule has 0 amide bonds. The smallest absolute Gasteiger partial charge is 0.132 e. The molecule has 0 N–H and O–H groups in total. The van der Waals surface area contributed by atoms with Gasteiger partial charge in [0.2, 0.25) is 0 Å². The number of rotatable bonds is 4. The third kappa shape index (κ3) is 4.33. The SMILES string of the molecule is c1ccc(-c2cc3ccccc3cc2N(c2ccccc2)c2ccc3c(c2)C2(c4ccccc4O3)c3ccccc3-c3cccc4cccc2c34)cc1. The van der Waals surface area contributed by atoms with E-state index in [-0.39, 0.29) is 0 Å². The fourth-order valence-corrected chi connectivity index (χ4v) is 9.08. The van der Waals surface area contributed by atoms with E-state index in [2.05, 4.69) is 205 Å². The monoisotopic (exact) mass is 675 g/mol. The number of para-hydroxylation sites is 2. The number of hydrogen-bond acceptors (Lipinski definition) is 2.